The van der Waals surface area contributed by atoms with E-state index in [1.54, 1.807) is 0 Å². The first-order valence-corrected chi connectivity index (χ1v) is 7.42. The molecule has 0 atom stereocenters. The van der Waals surface area contributed by atoms with Crippen molar-refractivity contribution < 1.29 is 4.74 Å². The molecule has 1 aliphatic rings. The zero-order valence-electron chi connectivity index (χ0n) is 13.2. The molecule has 0 aliphatic carbocycles. The predicted octanol–water partition coefficient (Wildman–Crippen LogP) is 2.42. The third-order valence-corrected chi connectivity index (χ3v) is 3.82. The Bertz CT molecular complexity index is 453. The molecule has 0 unspecified atom stereocenters. The molecular formula is C15H26N4O. The number of anilines is 1. The van der Waals surface area contributed by atoms with Gasteiger partial charge in [-0.3, -0.25) is 0 Å². The first-order chi connectivity index (χ1) is 9.51. The number of hydrogen-bond donors (Lipinski definition) is 1. The summed E-state index contributed by atoms with van der Waals surface area (Å²) in [6.07, 6.45) is 2.39. The third kappa shape index (κ3) is 3.39. The zero-order valence-corrected chi connectivity index (χ0v) is 13.2. The second-order valence-electron chi connectivity index (χ2n) is 5.89. The average Bonchev–Trinajstić information content (AvgIpc) is 2.43. The number of nitrogens with one attached hydrogen (secondary N) is 1. The summed E-state index contributed by atoms with van der Waals surface area (Å²) in [5.41, 5.74) is 0.996. The predicted molar refractivity (Wildman–Crippen MR) is 81.6 cm³/mol. The Morgan fingerprint density at radius 2 is 1.90 bits per heavy atom. The molecule has 0 radical (unpaired) electrons. The highest BCUT2D eigenvalue weighted by Gasteiger charge is 2.21. The summed E-state index contributed by atoms with van der Waals surface area (Å²) in [4.78, 5) is 11.5. The molecule has 0 amide bonds. The van der Waals surface area contributed by atoms with Gasteiger partial charge in [0.15, 0.2) is 0 Å². The van der Waals surface area contributed by atoms with E-state index in [2.05, 4.69) is 41.1 Å². The minimum absolute atomic E-state index is 0.268. The van der Waals surface area contributed by atoms with Crippen molar-refractivity contribution >= 4 is 5.82 Å². The lowest BCUT2D eigenvalue weighted by Gasteiger charge is -2.29. The van der Waals surface area contributed by atoms with Crippen LogP contribution in [0.5, 0.6) is 5.88 Å². The molecular weight excluding hydrogens is 252 g/mol. The van der Waals surface area contributed by atoms with E-state index in [-0.39, 0.29) is 6.10 Å². The Labute approximate surface area is 121 Å². The van der Waals surface area contributed by atoms with E-state index in [0.717, 1.165) is 49.0 Å². The van der Waals surface area contributed by atoms with Crippen molar-refractivity contribution in [2.45, 2.75) is 45.6 Å². The van der Waals surface area contributed by atoms with Gasteiger partial charge in [0, 0.05) is 26.1 Å². The molecule has 112 valence electrons. The maximum Gasteiger partial charge on any atom is 0.222 e. The van der Waals surface area contributed by atoms with Gasteiger partial charge < -0.3 is 15.0 Å². The molecule has 20 heavy (non-hydrogen) atoms. The second kappa shape index (κ2) is 6.39. The molecule has 1 aliphatic heterocycles. The SMILES string of the molecule is CNc1nc(C(C)C)nc(OC2CCN(C)CC2)c1C. The molecule has 5 heteroatoms. The summed E-state index contributed by atoms with van der Waals surface area (Å²) in [6, 6.07) is 0. The number of piperidine rings is 1. The van der Waals surface area contributed by atoms with E-state index >= 15 is 0 Å². The monoisotopic (exact) mass is 278 g/mol. The van der Waals surface area contributed by atoms with Gasteiger partial charge in [-0.05, 0) is 26.8 Å². The van der Waals surface area contributed by atoms with Crippen LogP contribution in [-0.2, 0) is 0 Å². The molecule has 2 rings (SSSR count). The highest BCUT2D eigenvalue weighted by atomic mass is 16.5. The number of nitrogens with zero attached hydrogens (tertiary/aromatic N) is 3. The van der Waals surface area contributed by atoms with E-state index in [9.17, 15) is 0 Å². The third-order valence-electron chi connectivity index (χ3n) is 3.82. The Kier molecular flexibility index (Phi) is 4.81. The maximum atomic E-state index is 6.15. The second-order valence-corrected chi connectivity index (χ2v) is 5.89. The van der Waals surface area contributed by atoms with Gasteiger partial charge >= 0.3 is 0 Å². The molecule has 1 saturated heterocycles. The highest BCUT2D eigenvalue weighted by Crippen LogP contribution is 2.27. The van der Waals surface area contributed by atoms with Gasteiger partial charge in [-0.25, -0.2) is 4.98 Å². The van der Waals surface area contributed by atoms with Crippen molar-refractivity contribution in [2.24, 2.45) is 0 Å². The smallest absolute Gasteiger partial charge is 0.222 e. The van der Waals surface area contributed by atoms with Crippen LogP contribution in [0.1, 0.15) is 44.0 Å². The van der Waals surface area contributed by atoms with E-state index in [1.165, 1.54) is 0 Å². The van der Waals surface area contributed by atoms with Crippen molar-refractivity contribution in [3.05, 3.63) is 11.4 Å². The van der Waals surface area contributed by atoms with Crippen molar-refractivity contribution in [1.82, 2.24) is 14.9 Å². The van der Waals surface area contributed by atoms with Gasteiger partial charge in [0.1, 0.15) is 17.7 Å². The molecule has 0 aromatic carbocycles. The van der Waals surface area contributed by atoms with Crippen molar-refractivity contribution in [2.75, 3.05) is 32.5 Å². The molecule has 0 spiro atoms. The number of likely N-dealkylation sites (tertiary alicyclic amines) is 1. The van der Waals surface area contributed by atoms with E-state index < -0.39 is 0 Å². The lowest BCUT2D eigenvalue weighted by atomic mass is 10.1. The summed E-state index contributed by atoms with van der Waals surface area (Å²) in [5, 5.41) is 3.14. The van der Waals surface area contributed by atoms with Crippen LogP contribution in [0, 0.1) is 6.92 Å². The fraction of sp³-hybridized carbons (Fsp3) is 0.733. The first-order valence-electron chi connectivity index (χ1n) is 7.42. The number of hydrogen-bond acceptors (Lipinski definition) is 5. The summed E-state index contributed by atoms with van der Waals surface area (Å²) in [5.74, 6) is 2.74. The van der Waals surface area contributed by atoms with E-state index in [0.29, 0.717) is 5.92 Å². The number of aromatic nitrogens is 2. The topological polar surface area (TPSA) is 50.3 Å². The van der Waals surface area contributed by atoms with Gasteiger partial charge in [-0.1, -0.05) is 13.8 Å². The molecule has 0 saturated carbocycles. The van der Waals surface area contributed by atoms with Gasteiger partial charge in [0.05, 0.1) is 5.56 Å². The number of rotatable bonds is 4. The Hall–Kier alpha value is -1.36. The Morgan fingerprint density at radius 3 is 2.45 bits per heavy atom. The lowest BCUT2D eigenvalue weighted by molar-refractivity contribution is 0.109. The van der Waals surface area contributed by atoms with Crippen LogP contribution in [0.2, 0.25) is 0 Å². The minimum atomic E-state index is 0.268. The largest absolute Gasteiger partial charge is 0.474 e. The summed E-state index contributed by atoms with van der Waals surface area (Å²) in [7, 11) is 4.04. The Morgan fingerprint density at radius 1 is 1.25 bits per heavy atom. The van der Waals surface area contributed by atoms with Gasteiger partial charge in [-0.2, -0.15) is 4.98 Å². The van der Waals surface area contributed by atoms with Crippen LogP contribution in [0.4, 0.5) is 5.82 Å². The molecule has 5 nitrogen and oxygen atoms in total. The van der Waals surface area contributed by atoms with Crippen LogP contribution >= 0.6 is 0 Å². The normalized spacial score (nSPS) is 17.5. The van der Waals surface area contributed by atoms with E-state index in [4.69, 9.17) is 4.74 Å². The van der Waals surface area contributed by atoms with Crippen LogP contribution in [0.15, 0.2) is 0 Å². The van der Waals surface area contributed by atoms with Gasteiger partial charge in [-0.15, -0.1) is 0 Å². The maximum absolute atomic E-state index is 6.15. The fourth-order valence-electron chi connectivity index (χ4n) is 2.39. The quantitative estimate of drug-likeness (QED) is 0.916. The van der Waals surface area contributed by atoms with Crippen LogP contribution < -0.4 is 10.1 Å². The van der Waals surface area contributed by atoms with Crippen molar-refractivity contribution in [3.8, 4) is 5.88 Å². The molecule has 2 heterocycles. The molecule has 1 aromatic heterocycles. The fourth-order valence-corrected chi connectivity index (χ4v) is 2.39. The highest BCUT2D eigenvalue weighted by molar-refractivity contribution is 5.48. The molecule has 0 bridgehead atoms. The van der Waals surface area contributed by atoms with Crippen LogP contribution in [0.25, 0.3) is 0 Å². The lowest BCUT2D eigenvalue weighted by Crippen LogP contribution is -2.36. The van der Waals surface area contributed by atoms with E-state index in [1.807, 2.05) is 14.0 Å². The number of ether oxygens (including phenoxy) is 1. The van der Waals surface area contributed by atoms with Crippen LogP contribution in [0.3, 0.4) is 0 Å². The zero-order chi connectivity index (χ0) is 14.7. The van der Waals surface area contributed by atoms with Crippen molar-refractivity contribution in [3.63, 3.8) is 0 Å². The molecule has 1 fully saturated rings. The summed E-state index contributed by atoms with van der Waals surface area (Å²) >= 11 is 0. The van der Waals surface area contributed by atoms with Crippen molar-refractivity contribution in [1.29, 1.82) is 0 Å². The average molecular weight is 278 g/mol. The molecule has 1 N–H and O–H groups in total. The first kappa shape index (κ1) is 15.0. The Balaban J connectivity index is 2.19. The minimum Gasteiger partial charge on any atom is -0.474 e. The van der Waals surface area contributed by atoms with Crippen LogP contribution in [-0.4, -0.2) is 48.2 Å². The van der Waals surface area contributed by atoms with Gasteiger partial charge in [0.2, 0.25) is 5.88 Å². The van der Waals surface area contributed by atoms with Gasteiger partial charge in [0.25, 0.3) is 0 Å². The summed E-state index contributed by atoms with van der Waals surface area (Å²) < 4.78 is 6.15. The molecule has 1 aromatic rings. The summed E-state index contributed by atoms with van der Waals surface area (Å²) in [6.45, 7) is 8.39. The standard InChI is InChI=1S/C15H26N4O/c1-10(2)13-17-14(16-4)11(3)15(18-13)20-12-6-8-19(5)9-7-12/h10,12H,6-9H2,1-5H3,(H,16,17,18).